The molecule has 0 aliphatic carbocycles. The molecule has 1 rings (SSSR count). The lowest BCUT2D eigenvalue weighted by molar-refractivity contribution is -0.115. The number of carbonyl (C=O) groups is 1. The molecule has 1 amide bonds. The molecule has 0 bridgehead atoms. The average Bonchev–Trinajstić information content (AvgIpc) is 2.26. The highest BCUT2D eigenvalue weighted by Crippen LogP contribution is 2.18. The predicted octanol–water partition coefficient (Wildman–Crippen LogP) is 2.21. The van der Waals surface area contributed by atoms with Crippen molar-refractivity contribution in [2.24, 2.45) is 0 Å². The number of rotatable bonds is 5. The van der Waals surface area contributed by atoms with Crippen LogP contribution in [0.5, 0.6) is 0 Å². The minimum atomic E-state index is -0.632. The first-order valence-electron chi connectivity index (χ1n) is 5.50. The molecular weight excluding hydrogens is 226 g/mol. The highest BCUT2D eigenvalue weighted by Gasteiger charge is 2.09. The summed E-state index contributed by atoms with van der Waals surface area (Å²) in [5.74, 6) is -1.56. The Morgan fingerprint density at radius 1 is 1.29 bits per heavy atom. The van der Waals surface area contributed by atoms with Crippen LogP contribution in [-0.4, -0.2) is 19.0 Å². The molecule has 0 saturated carbocycles. The van der Waals surface area contributed by atoms with Gasteiger partial charge < -0.3 is 10.6 Å². The fourth-order valence-electron chi connectivity index (χ4n) is 1.32. The lowest BCUT2D eigenvalue weighted by atomic mass is 10.2. The van der Waals surface area contributed by atoms with Crippen LogP contribution in [0.1, 0.15) is 18.9 Å². The summed E-state index contributed by atoms with van der Waals surface area (Å²) < 4.78 is 26.6. The number of carbonyl (C=O) groups excluding carboxylic acids is 1. The Morgan fingerprint density at radius 3 is 2.65 bits per heavy atom. The van der Waals surface area contributed by atoms with Gasteiger partial charge in [-0.25, -0.2) is 8.78 Å². The number of aryl methyl sites for hydroxylation is 1. The van der Waals surface area contributed by atoms with E-state index in [1.54, 1.807) is 0 Å². The zero-order valence-electron chi connectivity index (χ0n) is 9.94. The molecule has 5 heteroatoms. The molecule has 0 spiro atoms. The summed E-state index contributed by atoms with van der Waals surface area (Å²) in [6, 6.07) is 2.05. The maximum atomic E-state index is 13.4. The van der Waals surface area contributed by atoms with Crippen molar-refractivity contribution in [2.75, 3.05) is 18.4 Å². The Morgan fingerprint density at radius 2 is 2.00 bits per heavy atom. The Kier molecular flexibility index (Phi) is 5.03. The minimum Gasteiger partial charge on any atom is -0.322 e. The van der Waals surface area contributed by atoms with Crippen molar-refractivity contribution in [3.63, 3.8) is 0 Å². The van der Waals surface area contributed by atoms with Gasteiger partial charge in [-0.1, -0.05) is 6.92 Å². The Labute approximate surface area is 99.2 Å². The molecule has 0 atom stereocenters. The van der Waals surface area contributed by atoms with E-state index in [0.29, 0.717) is 6.54 Å². The van der Waals surface area contributed by atoms with Crippen LogP contribution < -0.4 is 10.6 Å². The summed E-state index contributed by atoms with van der Waals surface area (Å²) in [5.41, 5.74) is 0.0843. The second-order valence-corrected chi connectivity index (χ2v) is 3.81. The number of nitrogens with one attached hydrogen (secondary N) is 2. The van der Waals surface area contributed by atoms with E-state index in [9.17, 15) is 13.6 Å². The van der Waals surface area contributed by atoms with E-state index in [0.717, 1.165) is 18.6 Å². The number of anilines is 1. The largest absolute Gasteiger partial charge is 0.322 e. The number of hydrogen-bond donors (Lipinski definition) is 2. The molecule has 0 heterocycles. The molecule has 0 fully saturated rings. The summed E-state index contributed by atoms with van der Waals surface area (Å²) in [7, 11) is 0. The van der Waals surface area contributed by atoms with E-state index < -0.39 is 11.6 Å². The molecule has 3 nitrogen and oxygen atoms in total. The first-order chi connectivity index (χ1) is 8.04. The standard InChI is InChI=1S/C12H16F2N2O/c1-3-4-15-7-12(17)16-11-6-9(13)8(2)5-10(11)14/h5-6,15H,3-4,7H2,1-2H3,(H,16,17). The predicted molar refractivity (Wildman–Crippen MR) is 62.9 cm³/mol. The number of amides is 1. The van der Waals surface area contributed by atoms with E-state index in [-0.39, 0.29) is 23.7 Å². The summed E-state index contributed by atoms with van der Waals surface area (Å²) >= 11 is 0. The van der Waals surface area contributed by atoms with Crippen molar-refractivity contribution in [1.29, 1.82) is 0 Å². The number of benzene rings is 1. The second-order valence-electron chi connectivity index (χ2n) is 3.81. The van der Waals surface area contributed by atoms with Crippen molar-refractivity contribution in [2.45, 2.75) is 20.3 Å². The van der Waals surface area contributed by atoms with Crippen LogP contribution in [0.4, 0.5) is 14.5 Å². The third-order valence-electron chi connectivity index (χ3n) is 2.23. The molecule has 0 aromatic heterocycles. The van der Waals surface area contributed by atoms with Gasteiger partial charge in [0, 0.05) is 6.07 Å². The molecule has 1 aromatic carbocycles. The Bertz CT molecular complexity index is 408. The van der Waals surface area contributed by atoms with Crippen LogP contribution in [0.3, 0.4) is 0 Å². The second kappa shape index (κ2) is 6.30. The molecule has 0 saturated heterocycles. The van der Waals surface area contributed by atoms with Crippen LogP contribution in [0, 0.1) is 18.6 Å². The maximum absolute atomic E-state index is 13.4. The van der Waals surface area contributed by atoms with Crippen molar-refractivity contribution in [1.82, 2.24) is 5.32 Å². The molecule has 2 N–H and O–H groups in total. The lowest BCUT2D eigenvalue weighted by Crippen LogP contribution is -2.28. The SMILES string of the molecule is CCCNCC(=O)Nc1cc(F)c(C)cc1F. The van der Waals surface area contributed by atoms with Crippen molar-refractivity contribution in [3.8, 4) is 0 Å². The highest BCUT2D eigenvalue weighted by molar-refractivity contribution is 5.92. The topological polar surface area (TPSA) is 41.1 Å². The van der Waals surface area contributed by atoms with Crippen molar-refractivity contribution in [3.05, 3.63) is 29.3 Å². The molecule has 0 radical (unpaired) electrons. The van der Waals surface area contributed by atoms with Crippen LogP contribution in [0.25, 0.3) is 0 Å². The molecule has 94 valence electrons. The van der Waals surface area contributed by atoms with Crippen LogP contribution in [-0.2, 0) is 4.79 Å². The van der Waals surface area contributed by atoms with Gasteiger partial charge in [0.15, 0.2) is 0 Å². The number of halogens is 2. The summed E-state index contributed by atoms with van der Waals surface area (Å²) in [6.07, 6.45) is 0.904. The van der Waals surface area contributed by atoms with Crippen molar-refractivity contribution >= 4 is 11.6 Å². The summed E-state index contributed by atoms with van der Waals surface area (Å²) in [5, 5.41) is 5.19. The zero-order valence-corrected chi connectivity index (χ0v) is 9.94. The van der Waals surface area contributed by atoms with Gasteiger partial charge in [0.05, 0.1) is 12.2 Å². The van der Waals surface area contributed by atoms with Crippen LogP contribution in [0.15, 0.2) is 12.1 Å². The van der Waals surface area contributed by atoms with E-state index in [2.05, 4.69) is 10.6 Å². The fraction of sp³-hybridized carbons (Fsp3) is 0.417. The molecule has 0 aliphatic rings. The zero-order chi connectivity index (χ0) is 12.8. The van der Waals surface area contributed by atoms with Gasteiger partial charge in [-0.05, 0) is 31.5 Å². The molecule has 0 unspecified atom stereocenters. The van der Waals surface area contributed by atoms with Gasteiger partial charge in [-0.15, -0.1) is 0 Å². The third kappa shape index (κ3) is 4.11. The minimum absolute atomic E-state index is 0.0861. The smallest absolute Gasteiger partial charge is 0.238 e. The van der Waals surface area contributed by atoms with Gasteiger partial charge >= 0.3 is 0 Å². The van der Waals surface area contributed by atoms with E-state index >= 15 is 0 Å². The van der Waals surface area contributed by atoms with Gasteiger partial charge in [-0.2, -0.15) is 0 Å². The lowest BCUT2D eigenvalue weighted by Gasteiger charge is -2.08. The summed E-state index contributed by atoms with van der Waals surface area (Å²) in [4.78, 5) is 11.4. The fourth-order valence-corrected chi connectivity index (χ4v) is 1.32. The van der Waals surface area contributed by atoms with Crippen LogP contribution in [0.2, 0.25) is 0 Å². The first-order valence-corrected chi connectivity index (χ1v) is 5.50. The molecule has 1 aromatic rings. The molecule has 0 aliphatic heterocycles. The highest BCUT2D eigenvalue weighted by atomic mass is 19.1. The van der Waals surface area contributed by atoms with Crippen LogP contribution >= 0.6 is 0 Å². The molecular formula is C12H16F2N2O. The average molecular weight is 242 g/mol. The van der Waals surface area contributed by atoms with E-state index in [1.165, 1.54) is 6.92 Å². The van der Waals surface area contributed by atoms with E-state index in [4.69, 9.17) is 0 Å². The van der Waals surface area contributed by atoms with Gasteiger partial charge in [0.1, 0.15) is 11.6 Å². The maximum Gasteiger partial charge on any atom is 0.238 e. The quantitative estimate of drug-likeness (QED) is 0.777. The van der Waals surface area contributed by atoms with Gasteiger partial charge in [0.2, 0.25) is 5.91 Å². The Balaban J connectivity index is 2.62. The summed E-state index contributed by atoms with van der Waals surface area (Å²) in [6.45, 7) is 4.23. The monoisotopic (exact) mass is 242 g/mol. The first kappa shape index (κ1) is 13.6. The van der Waals surface area contributed by atoms with Gasteiger partial charge in [-0.3, -0.25) is 4.79 Å². The Hall–Kier alpha value is -1.49. The van der Waals surface area contributed by atoms with Crippen molar-refractivity contribution < 1.29 is 13.6 Å². The number of hydrogen-bond acceptors (Lipinski definition) is 2. The third-order valence-corrected chi connectivity index (χ3v) is 2.23. The normalized spacial score (nSPS) is 10.4. The van der Waals surface area contributed by atoms with Gasteiger partial charge in [0.25, 0.3) is 0 Å². The molecule has 17 heavy (non-hydrogen) atoms. The van der Waals surface area contributed by atoms with E-state index in [1.807, 2.05) is 6.92 Å².